The summed E-state index contributed by atoms with van der Waals surface area (Å²) in [5, 5.41) is 0. The third-order valence-electron chi connectivity index (χ3n) is 2.02. The zero-order valence-corrected chi connectivity index (χ0v) is 8.43. The molecule has 1 aromatic carbocycles. The lowest BCUT2D eigenvalue weighted by Crippen LogP contribution is -2.31. The van der Waals surface area contributed by atoms with Gasteiger partial charge in [-0.2, -0.15) is 13.2 Å². The van der Waals surface area contributed by atoms with Gasteiger partial charge in [-0.3, -0.25) is 0 Å². The minimum absolute atomic E-state index is 0.173. The molecule has 0 saturated carbocycles. The second-order valence-electron chi connectivity index (χ2n) is 3.32. The van der Waals surface area contributed by atoms with Crippen LogP contribution in [0.5, 0.6) is 5.75 Å². The Labute approximate surface area is 87.7 Å². The average Bonchev–Trinajstić information content (AvgIpc) is 2.10. The molecule has 1 unspecified atom stereocenters. The standard InChI is InChI=1S/C10H10BF3O/c1-6-5-8(3-4-9(6)11)15-7(2)10(12,13)14/h3-5,7H,1-2H3. The van der Waals surface area contributed by atoms with E-state index in [1.165, 1.54) is 18.2 Å². The molecule has 0 N–H and O–H groups in total. The Hall–Kier alpha value is -1.13. The molecular weight excluding hydrogens is 204 g/mol. The molecule has 0 aliphatic rings. The molecule has 1 rings (SSSR count). The maximum atomic E-state index is 12.2. The average molecular weight is 214 g/mol. The molecule has 0 aromatic heterocycles. The van der Waals surface area contributed by atoms with Gasteiger partial charge in [0.1, 0.15) is 13.6 Å². The van der Waals surface area contributed by atoms with Gasteiger partial charge in [-0.05, 0) is 26.0 Å². The topological polar surface area (TPSA) is 9.23 Å². The van der Waals surface area contributed by atoms with Crippen LogP contribution in [0.15, 0.2) is 18.2 Å². The predicted octanol–water partition coefficient (Wildman–Crippen LogP) is 2.12. The molecule has 2 radical (unpaired) electrons. The highest BCUT2D eigenvalue weighted by molar-refractivity contribution is 6.33. The molecule has 0 bridgehead atoms. The van der Waals surface area contributed by atoms with Crippen molar-refractivity contribution < 1.29 is 17.9 Å². The molecule has 0 amide bonds. The third kappa shape index (κ3) is 3.18. The molecule has 1 aromatic rings. The van der Waals surface area contributed by atoms with E-state index in [0.29, 0.717) is 11.0 Å². The van der Waals surface area contributed by atoms with Crippen molar-refractivity contribution in [2.45, 2.75) is 26.1 Å². The number of halogens is 3. The van der Waals surface area contributed by atoms with Gasteiger partial charge < -0.3 is 4.74 Å². The fourth-order valence-corrected chi connectivity index (χ4v) is 0.992. The zero-order chi connectivity index (χ0) is 11.6. The minimum atomic E-state index is -4.35. The van der Waals surface area contributed by atoms with Gasteiger partial charge >= 0.3 is 6.18 Å². The van der Waals surface area contributed by atoms with Gasteiger partial charge in [0.25, 0.3) is 0 Å². The molecule has 0 spiro atoms. The first-order valence-electron chi connectivity index (χ1n) is 4.40. The van der Waals surface area contributed by atoms with Crippen molar-refractivity contribution in [3.63, 3.8) is 0 Å². The van der Waals surface area contributed by atoms with E-state index >= 15 is 0 Å². The Kier molecular flexibility index (Phi) is 3.32. The van der Waals surface area contributed by atoms with E-state index in [1.807, 2.05) is 0 Å². The summed E-state index contributed by atoms with van der Waals surface area (Å²) in [5.41, 5.74) is 1.23. The smallest absolute Gasteiger partial charge is 0.425 e. The van der Waals surface area contributed by atoms with E-state index in [9.17, 15) is 13.2 Å². The van der Waals surface area contributed by atoms with Gasteiger partial charge in [0.05, 0.1) is 0 Å². The van der Waals surface area contributed by atoms with Crippen molar-refractivity contribution >= 4 is 13.3 Å². The Morgan fingerprint density at radius 2 is 1.93 bits per heavy atom. The summed E-state index contributed by atoms with van der Waals surface area (Å²) in [7, 11) is 5.53. The van der Waals surface area contributed by atoms with Gasteiger partial charge in [-0.1, -0.05) is 17.1 Å². The van der Waals surface area contributed by atoms with Crippen LogP contribution in [0, 0.1) is 6.92 Å². The summed E-state index contributed by atoms with van der Waals surface area (Å²) in [5.74, 6) is 0.173. The second kappa shape index (κ2) is 4.17. The molecule has 80 valence electrons. The molecule has 15 heavy (non-hydrogen) atoms. The van der Waals surface area contributed by atoms with E-state index < -0.39 is 12.3 Å². The summed E-state index contributed by atoms with van der Waals surface area (Å²) < 4.78 is 41.2. The number of hydrogen-bond donors (Lipinski definition) is 0. The quantitative estimate of drug-likeness (QED) is 0.685. The minimum Gasteiger partial charge on any atom is -0.481 e. The number of ether oxygens (including phenoxy) is 1. The number of alkyl halides is 3. The Bertz CT molecular complexity index is 349. The van der Waals surface area contributed by atoms with Crippen molar-refractivity contribution in [1.29, 1.82) is 0 Å². The highest BCUT2D eigenvalue weighted by Crippen LogP contribution is 2.24. The van der Waals surface area contributed by atoms with Gasteiger partial charge in [0.2, 0.25) is 0 Å². The van der Waals surface area contributed by atoms with Crippen LogP contribution in [0.2, 0.25) is 0 Å². The van der Waals surface area contributed by atoms with Crippen LogP contribution in [0.25, 0.3) is 0 Å². The maximum Gasteiger partial charge on any atom is 0.425 e. The normalized spacial score (nSPS) is 13.7. The summed E-state index contributed by atoms with van der Waals surface area (Å²) in [6, 6.07) is 4.43. The van der Waals surface area contributed by atoms with Crippen LogP contribution >= 0.6 is 0 Å². The van der Waals surface area contributed by atoms with E-state index in [0.717, 1.165) is 6.92 Å². The van der Waals surface area contributed by atoms with Crippen LogP contribution in [0.1, 0.15) is 12.5 Å². The van der Waals surface area contributed by atoms with Crippen molar-refractivity contribution in [2.75, 3.05) is 0 Å². The van der Waals surface area contributed by atoms with Gasteiger partial charge in [0.15, 0.2) is 6.10 Å². The first kappa shape index (κ1) is 11.9. The molecule has 0 aliphatic heterocycles. The number of benzene rings is 1. The fraction of sp³-hybridized carbons (Fsp3) is 0.400. The molecule has 0 fully saturated rings. The van der Waals surface area contributed by atoms with Crippen molar-refractivity contribution in [3.8, 4) is 5.75 Å². The number of hydrogen-bond acceptors (Lipinski definition) is 1. The maximum absolute atomic E-state index is 12.2. The van der Waals surface area contributed by atoms with Crippen LogP contribution in [-0.2, 0) is 0 Å². The third-order valence-corrected chi connectivity index (χ3v) is 2.02. The second-order valence-corrected chi connectivity index (χ2v) is 3.32. The summed E-state index contributed by atoms with van der Waals surface area (Å²) in [4.78, 5) is 0. The largest absolute Gasteiger partial charge is 0.481 e. The summed E-state index contributed by atoms with van der Waals surface area (Å²) in [6.45, 7) is 2.67. The monoisotopic (exact) mass is 214 g/mol. The number of aryl methyl sites for hydroxylation is 1. The van der Waals surface area contributed by atoms with Crippen LogP contribution in [0.3, 0.4) is 0 Å². The molecule has 0 aliphatic carbocycles. The van der Waals surface area contributed by atoms with Gasteiger partial charge in [-0.25, -0.2) is 0 Å². The Balaban J connectivity index is 2.78. The summed E-state index contributed by atoms with van der Waals surface area (Å²) in [6.07, 6.45) is -6.17. The Morgan fingerprint density at radius 3 is 2.40 bits per heavy atom. The van der Waals surface area contributed by atoms with Gasteiger partial charge in [-0.15, -0.1) is 0 Å². The highest BCUT2D eigenvalue weighted by atomic mass is 19.4. The van der Waals surface area contributed by atoms with E-state index in [2.05, 4.69) is 0 Å². The molecule has 0 heterocycles. The lowest BCUT2D eigenvalue weighted by Gasteiger charge is -2.18. The lowest BCUT2D eigenvalue weighted by atomic mass is 9.91. The predicted molar refractivity (Wildman–Crippen MR) is 52.7 cm³/mol. The van der Waals surface area contributed by atoms with E-state index in [1.54, 1.807) is 6.92 Å². The fourth-order valence-electron chi connectivity index (χ4n) is 0.992. The van der Waals surface area contributed by atoms with E-state index in [4.69, 9.17) is 12.6 Å². The highest BCUT2D eigenvalue weighted by Gasteiger charge is 2.37. The molecule has 0 saturated heterocycles. The van der Waals surface area contributed by atoms with Gasteiger partial charge in [0, 0.05) is 0 Å². The van der Waals surface area contributed by atoms with Crippen molar-refractivity contribution in [1.82, 2.24) is 0 Å². The van der Waals surface area contributed by atoms with Crippen LogP contribution in [0.4, 0.5) is 13.2 Å². The van der Waals surface area contributed by atoms with Crippen LogP contribution < -0.4 is 10.2 Å². The SMILES string of the molecule is [B]c1ccc(OC(C)C(F)(F)F)cc1C. The molecular formula is C10H10BF3O. The van der Waals surface area contributed by atoms with E-state index in [-0.39, 0.29) is 5.75 Å². The van der Waals surface area contributed by atoms with Crippen molar-refractivity contribution in [2.24, 2.45) is 0 Å². The first-order chi connectivity index (χ1) is 6.80. The first-order valence-corrected chi connectivity index (χ1v) is 4.40. The summed E-state index contributed by atoms with van der Waals surface area (Å²) >= 11 is 0. The number of rotatable bonds is 2. The zero-order valence-electron chi connectivity index (χ0n) is 8.43. The van der Waals surface area contributed by atoms with Crippen molar-refractivity contribution in [3.05, 3.63) is 23.8 Å². The molecule has 1 nitrogen and oxygen atoms in total. The Morgan fingerprint density at radius 1 is 1.33 bits per heavy atom. The lowest BCUT2D eigenvalue weighted by molar-refractivity contribution is -0.189. The molecule has 1 atom stereocenters. The molecule has 5 heteroatoms. The van der Waals surface area contributed by atoms with Crippen LogP contribution in [-0.4, -0.2) is 20.1 Å².